The molecule has 0 aliphatic rings. The molecule has 0 saturated carbocycles. The van der Waals surface area contributed by atoms with E-state index in [4.69, 9.17) is 5.26 Å². The SMILES string of the molecule is N#CCn1ccnc1-c1ccc([N+](=O)[O-])cc1. The number of nitriles is 1. The molecule has 6 nitrogen and oxygen atoms in total. The van der Waals surface area contributed by atoms with Crippen LogP contribution in [0.4, 0.5) is 5.69 Å². The van der Waals surface area contributed by atoms with Crippen LogP contribution in [0.5, 0.6) is 0 Å². The fourth-order valence-corrected chi connectivity index (χ4v) is 1.51. The minimum atomic E-state index is -0.453. The summed E-state index contributed by atoms with van der Waals surface area (Å²) < 4.78 is 1.68. The number of nitro benzene ring substituents is 1. The summed E-state index contributed by atoms with van der Waals surface area (Å²) in [5.74, 6) is 0.626. The molecule has 0 saturated heterocycles. The molecule has 0 N–H and O–H groups in total. The van der Waals surface area contributed by atoms with E-state index in [0.29, 0.717) is 5.82 Å². The van der Waals surface area contributed by atoms with Crippen molar-refractivity contribution in [3.63, 3.8) is 0 Å². The van der Waals surface area contributed by atoms with Crippen LogP contribution in [0.3, 0.4) is 0 Å². The van der Waals surface area contributed by atoms with Crippen LogP contribution in [-0.4, -0.2) is 14.5 Å². The average molecular weight is 228 g/mol. The molecule has 0 amide bonds. The number of rotatable bonds is 3. The summed E-state index contributed by atoms with van der Waals surface area (Å²) in [6.45, 7) is 0.201. The molecule has 0 bridgehead atoms. The van der Waals surface area contributed by atoms with E-state index in [1.807, 2.05) is 6.07 Å². The van der Waals surface area contributed by atoms with Gasteiger partial charge in [-0.15, -0.1) is 0 Å². The molecule has 2 rings (SSSR count). The van der Waals surface area contributed by atoms with Crippen LogP contribution in [0.2, 0.25) is 0 Å². The van der Waals surface area contributed by atoms with Gasteiger partial charge in [-0.1, -0.05) is 0 Å². The molecule has 1 aromatic heterocycles. The third-order valence-corrected chi connectivity index (χ3v) is 2.29. The fourth-order valence-electron chi connectivity index (χ4n) is 1.51. The maximum atomic E-state index is 10.5. The topological polar surface area (TPSA) is 84.8 Å². The summed E-state index contributed by atoms with van der Waals surface area (Å²) in [6, 6.07) is 8.10. The summed E-state index contributed by atoms with van der Waals surface area (Å²) in [7, 11) is 0. The summed E-state index contributed by atoms with van der Waals surface area (Å²) in [4.78, 5) is 14.2. The van der Waals surface area contributed by atoms with Gasteiger partial charge in [-0.2, -0.15) is 5.26 Å². The molecule has 6 heteroatoms. The van der Waals surface area contributed by atoms with Crippen molar-refractivity contribution in [2.45, 2.75) is 6.54 Å². The molecule has 0 spiro atoms. The van der Waals surface area contributed by atoms with E-state index in [9.17, 15) is 10.1 Å². The van der Waals surface area contributed by atoms with Crippen molar-refractivity contribution in [3.05, 3.63) is 46.8 Å². The van der Waals surface area contributed by atoms with Gasteiger partial charge in [0.1, 0.15) is 12.4 Å². The van der Waals surface area contributed by atoms with E-state index in [-0.39, 0.29) is 12.2 Å². The number of hydrogen-bond donors (Lipinski definition) is 0. The first-order valence-electron chi connectivity index (χ1n) is 4.85. The number of benzene rings is 1. The van der Waals surface area contributed by atoms with Gasteiger partial charge in [0, 0.05) is 30.1 Å². The smallest absolute Gasteiger partial charge is 0.269 e. The number of non-ortho nitro benzene ring substituents is 1. The Morgan fingerprint density at radius 3 is 2.71 bits per heavy atom. The van der Waals surface area contributed by atoms with Gasteiger partial charge in [0.15, 0.2) is 0 Å². The summed E-state index contributed by atoms with van der Waals surface area (Å²) in [5, 5.41) is 19.1. The van der Waals surface area contributed by atoms with Crippen molar-refractivity contribution in [1.82, 2.24) is 9.55 Å². The maximum Gasteiger partial charge on any atom is 0.269 e. The monoisotopic (exact) mass is 228 g/mol. The van der Waals surface area contributed by atoms with Gasteiger partial charge in [0.25, 0.3) is 5.69 Å². The molecule has 0 aliphatic heterocycles. The first-order valence-corrected chi connectivity index (χ1v) is 4.85. The molecular formula is C11H8N4O2. The highest BCUT2D eigenvalue weighted by molar-refractivity contribution is 5.57. The van der Waals surface area contributed by atoms with Crippen molar-refractivity contribution in [2.24, 2.45) is 0 Å². The Morgan fingerprint density at radius 1 is 1.41 bits per heavy atom. The highest BCUT2D eigenvalue weighted by atomic mass is 16.6. The Hall–Kier alpha value is -2.68. The third-order valence-electron chi connectivity index (χ3n) is 2.29. The van der Waals surface area contributed by atoms with Crippen molar-refractivity contribution in [3.8, 4) is 17.5 Å². The van der Waals surface area contributed by atoms with Crippen molar-refractivity contribution in [1.29, 1.82) is 5.26 Å². The van der Waals surface area contributed by atoms with Crippen LogP contribution >= 0.6 is 0 Å². The van der Waals surface area contributed by atoms with E-state index < -0.39 is 4.92 Å². The Morgan fingerprint density at radius 2 is 2.12 bits per heavy atom. The maximum absolute atomic E-state index is 10.5. The standard InChI is InChI=1S/C11H8N4O2/c12-5-7-14-8-6-13-11(14)9-1-3-10(4-2-9)15(16)17/h1-4,6,8H,7H2. The van der Waals surface area contributed by atoms with Crippen LogP contribution in [-0.2, 0) is 6.54 Å². The lowest BCUT2D eigenvalue weighted by molar-refractivity contribution is -0.384. The second-order valence-electron chi connectivity index (χ2n) is 3.34. The lowest BCUT2D eigenvalue weighted by Gasteiger charge is -2.02. The lowest BCUT2D eigenvalue weighted by atomic mass is 10.2. The normalized spacial score (nSPS) is 9.82. The first kappa shape index (κ1) is 10.8. The highest BCUT2D eigenvalue weighted by Gasteiger charge is 2.08. The molecule has 0 aliphatic carbocycles. The largest absolute Gasteiger partial charge is 0.317 e. The van der Waals surface area contributed by atoms with Gasteiger partial charge in [-0.05, 0) is 12.1 Å². The van der Waals surface area contributed by atoms with Crippen LogP contribution < -0.4 is 0 Å². The number of nitro groups is 1. The zero-order valence-electron chi connectivity index (χ0n) is 8.78. The average Bonchev–Trinajstić information content (AvgIpc) is 2.78. The van der Waals surface area contributed by atoms with Crippen LogP contribution in [0.25, 0.3) is 11.4 Å². The van der Waals surface area contributed by atoms with Gasteiger partial charge in [-0.25, -0.2) is 4.98 Å². The van der Waals surface area contributed by atoms with Crippen molar-refractivity contribution >= 4 is 5.69 Å². The molecule has 0 atom stereocenters. The summed E-state index contributed by atoms with van der Waals surface area (Å²) >= 11 is 0. The highest BCUT2D eigenvalue weighted by Crippen LogP contribution is 2.20. The summed E-state index contributed by atoms with van der Waals surface area (Å²) in [5.41, 5.74) is 0.781. The molecule has 0 radical (unpaired) electrons. The zero-order chi connectivity index (χ0) is 12.3. The van der Waals surface area contributed by atoms with E-state index >= 15 is 0 Å². The van der Waals surface area contributed by atoms with Gasteiger partial charge in [0.05, 0.1) is 11.0 Å². The molecule has 0 fully saturated rings. The Bertz CT molecular complexity index is 580. The molecule has 17 heavy (non-hydrogen) atoms. The second kappa shape index (κ2) is 4.45. The van der Waals surface area contributed by atoms with Gasteiger partial charge < -0.3 is 4.57 Å². The van der Waals surface area contributed by atoms with Crippen molar-refractivity contribution in [2.75, 3.05) is 0 Å². The molecule has 1 aromatic carbocycles. The number of aromatic nitrogens is 2. The predicted octanol–water partition coefficient (Wildman–Crippen LogP) is 1.98. The summed E-state index contributed by atoms with van der Waals surface area (Å²) in [6.07, 6.45) is 3.29. The zero-order valence-corrected chi connectivity index (χ0v) is 8.78. The van der Waals surface area contributed by atoms with Crippen LogP contribution in [0.15, 0.2) is 36.7 Å². The third kappa shape index (κ3) is 2.13. The molecule has 84 valence electrons. The van der Waals surface area contributed by atoms with E-state index in [2.05, 4.69) is 4.98 Å². The minimum Gasteiger partial charge on any atom is -0.317 e. The van der Waals surface area contributed by atoms with E-state index in [1.165, 1.54) is 12.1 Å². The van der Waals surface area contributed by atoms with Crippen LogP contribution in [0.1, 0.15) is 0 Å². The molecule has 1 heterocycles. The molecule has 0 unspecified atom stereocenters. The van der Waals surface area contributed by atoms with Gasteiger partial charge >= 0.3 is 0 Å². The predicted molar refractivity (Wildman–Crippen MR) is 59.9 cm³/mol. The molecular weight excluding hydrogens is 220 g/mol. The van der Waals surface area contributed by atoms with E-state index in [0.717, 1.165) is 5.56 Å². The van der Waals surface area contributed by atoms with Crippen LogP contribution in [0, 0.1) is 21.4 Å². The van der Waals surface area contributed by atoms with Gasteiger partial charge in [0.2, 0.25) is 0 Å². The lowest BCUT2D eigenvalue weighted by Crippen LogP contribution is -1.97. The van der Waals surface area contributed by atoms with Crippen molar-refractivity contribution < 1.29 is 4.92 Å². The number of nitrogens with zero attached hydrogens (tertiary/aromatic N) is 4. The Kier molecular flexibility index (Phi) is 2.83. The number of hydrogen-bond acceptors (Lipinski definition) is 4. The van der Waals surface area contributed by atoms with Gasteiger partial charge in [-0.3, -0.25) is 10.1 Å². The number of imidazole rings is 1. The second-order valence-corrected chi connectivity index (χ2v) is 3.34. The Labute approximate surface area is 96.9 Å². The Balaban J connectivity index is 2.37. The fraction of sp³-hybridized carbons (Fsp3) is 0.0909. The minimum absolute atomic E-state index is 0.0344. The quantitative estimate of drug-likeness (QED) is 0.593. The molecule has 2 aromatic rings. The van der Waals surface area contributed by atoms with E-state index in [1.54, 1.807) is 29.1 Å². The first-order chi connectivity index (χ1) is 8.22.